The van der Waals surface area contributed by atoms with Crippen LogP contribution in [0.4, 0.5) is 0 Å². The van der Waals surface area contributed by atoms with Gasteiger partial charge in [0.2, 0.25) is 0 Å². The maximum atomic E-state index is 5.01. The Balaban J connectivity index is 2.74. The second-order valence-electron chi connectivity index (χ2n) is 3.74. The second kappa shape index (κ2) is 3.12. The molecule has 1 aliphatic heterocycles. The summed E-state index contributed by atoms with van der Waals surface area (Å²) in [6.07, 6.45) is 3.60. The molecule has 0 aromatic heterocycles. The van der Waals surface area contributed by atoms with Gasteiger partial charge in [0.05, 0.1) is 0 Å². The van der Waals surface area contributed by atoms with E-state index < -0.39 is 0 Å². The van der Waals surface area contributed by atoms with Crippen molar-refractivity contribution in [3.63, 3.8) is 0 Å². The van der Waals surface area contributed by atoms with E-state index in [0.717, 1.165) is 0 Å². The van der Waals surface area contributed by atoms with E-state index in [1.165, 1.54) is 4.42 Å². The molecule has 0 N–H and O–H groups in total. The SMILES string of the molecule is CC(C)(C)C1[C]OC=CC1=[Se]. The predicted octanol–water partition coefficient (Wildman–Crippen LogP) is 1.57. The number of hydrogen-bond donors (Lipinski definition) is 0. The Labute approximate surface area is 76.2 Å². The summed E-state index contributed by atoms with van der Waals surface area (Å²) in [5.74, 6) is 0.271. The first-order valence-electron chi connectivity index (χ1n) is 3.63. The molecule has 1 nitrogen and oxygen atoms in total. The molecule has 2 heteroatoms. The first kappa shape index (κ1) is 9.02. The molecular formula is C9H12OSe. The molecule has 2 radical (unpaired) electrons. The zero-order valence-electron chi connectivity index (χ0n) is 7.05. The average molecular weight is 215 g/mol. The molecule has 0 aromatic carbocycles. The number of ether oxygens (including phenoxy) is 1. The first-order valence-corrected chi connectivity index (χ1v) is 4.49. The summed E-state index contributed by atoms with van der Waals surface area (Å²) in [5, 5.41) is 0. The van der Waals surface area contributed by atoms with Crippen molar-refractivity contribution in [1.29, 1.82) is 0 Å². The van der Waals surface area contributed by atoms with Gasteiger partial charge in [-0.15, -0.1) is 0 Å². The summed E-state index contributed by atoms with van der Waals surface area (Å²) in [6.45, 7) is 9.47. The molecule has 0 saturated heterocycles. The van der Waals surface area contributed by atoms with E-state index in [4.69, 9.17) is 4.74 Å². The molecule has 1 unspecified atom stereocenters. The number of hydrogen-bond acceptors (Lipinski definition) is 1. The molecule has 1 aliphatic rings. The third kappa shape index (κ3) is 2.18. The summed E-state index contributed by atoms with van der Waals surface area (Å²) in [7, 11) is 0. The fourth-order valence-electron chi connectivity index (χ4n) is 0.966. The van der Waals surface area contributed by atoms with E-state index in [1.54, 1.807) is 6.26 Å². The molecule has 0 bridgehead atoms. The van der Waals surface area contributed by atoms with Crippen molar-refractivity contribution in [3.05, 3.63) is 18.9 Å². The maximum absolute atomic E-state index is 5.01. The molecule has 60 valence electrons. The van der Waals surface area contributed by atoms with Crippen LogP contribution in [0.2, 0.25) is 0 Å². The van der Waals surface area contributed by atoms with Gasteiger partial charge in [-0.2, -0.15) is 0 Å². The van der Waals surface area contributed by atoms with Crippen molar-refractivity contribution in [2.75, 3.05) is 0 Å². The van der Waals surface area contributed by atoms with Crippen LogP contribution in [0.3, 0.4) is 0 Å². The molecule has 0 spiro atoms. The van der Waals surface area contributed by atoms with Crippen LogP contribution in [-0.2, 0) is 4.74 Å². The standard InChI is InChI=1S/C9H12OSe/c1-9(2,3)7-6-10-5-4-8(7)11/h4-5,7H,1-3H3. The van der Waals surface area contributed by atoms with Crippen LogP contribution in [0.1, 0.15) is 20.8 Å². The first-order chi connectivity index (χ1) is 5.02. The van der Waals surface area contributed by atoms with Gasteiger partial charge in [-0.25, -0.2) is 0 Å². The molecule has 0 saturated carbocycles. The van der Waals surface area contributed by atoms with Gasteiger partial charge in [0, 0.05) is 0 Å². The van der Waals surface area contributed by atoms with Crippen LogP contribution in [0, 0.1) is 17.9 Å². The van der Waals surface area contributed by atoms with Gasteiger partial charge in [0.15, 0.2) is 0 Å². The second-order valence-corrected chi connectivity index (χ2v) is 4.73. The van der Waals surface area contributed by atoms with Gasteiger partial charge in [-0.05, 0) is 0 Å². The normalized spacial score (nSPS) is 25.0. The average Bonchev–Trinajstić information content (AvgIpc) is 1.86. The van der Waals surface area contributed by atoms with Crippen molar-refractivity contribution in [1.82, 2.24) is 0 Å². The summed E-state index contributed by atoms with van der Waals surface area (Å²) >= 11 is 3.02. The number of rotatable bonds is 0. The van der Waals surface area contributed by atoms with Crippen molar-refractivity contribution >= 4 is 20.0 Å². The zero-order valence-corrected chi connectivity index (χ0v) is 8.76. The van der Waals surface area contributed by atoms with Gasteiger partial charge < -0.3 is 0 Å². The van der Waals surface area contributed by atoms with Crippen molar-refractivity contribution in [2.24, 2.45) is 11.3 Å². The van der Waals surface area contributed by atoms with Crippen LogP contribution in [-0.4, -0.2) is 20.0 Å². The summed E-state index contributed by atoms with van der Waals surface area (Å²) in [4.78, 5) is 0. The van der Waals surface area contributed by atoms with Gasteiger partial charge >= 0.3 is 75.8 Å². The van der Waals surface area contributed by atoms with E-state index in [0.29, 0.717) is 0 Å². The Morgan fingerprint density at radius 3 is 2.55 bits per heavy atom. The summed E-state index contributed by atoms with van der Waals surface area (Å²) < 4.78 is 6.21. The van der Waals surface area contributed by atoms with Crippen LogP contribution < -0.4 is 0 Å². The van der Waals surface area contributed by atoms with E-state index >= 15 is 0 Å². The molecule has 1 atom stereocenters. The Morgan fingerprint density at radius 1 is 1.55 bits per heavy atom. The molecule has 11 heavy (non-hydrogen) atoms. The van der Waals surface area contributed by atoms with Gasteiger partial charge in [-0.3, -0.25) is 0 Å². The molecule has 1 heterocycles. The minimum atomic E-state index is 0.186. The zero-order chi connectivity index (χ0) is 8.48. The molecule has 1 rings (SSSR count). The molecule has 0 aromatic rings. The summed E-state index contributed by atoms with van der Waals surface area (Å²) in [6, 6.07) is 0. The fourth-order valence-corrected chi connectivity index (χ4v) is 1.93. The van der Waals surface area contributed by atoms with Crippen molar-refractivity contribution < 1.29 is 4.74 Å². The van der Waals surface area contributed by atoms with Crippen LogP contribution in [0.5, 0.6) is 0 Å². The third-order valence-electron chi connectivity index (χ3n) is 1.64. The van der Waals surface area contributed by atoms with Crippen LogP contribution in [0.25, 0.3) is 0 Å². The van der Waals surface area contributed by atoms with Crippen molar-refractivity contribution in [3.8, 4) is 0 Å². The van der Waals surface area contributed by atoms with Crippen molar-refractivity contribution in [2.45, 2.75) is 20.8 Å². The Hall–Kier alpha value is -0.0705. The van der Waals surface area contributed by atoms with E-state index in [-0.39, 0.29) is 11.3 Å². The van der Waals surface area contributed by atoms with Crippen LogP contribution in [0.15, 0.2) is 12.3 Å². The van der Waals surface area contributed by atoms with Gasteiger partial charge in [-0.1, -0.05) is 0 Å². The third-order valence-corrected chi connectivity index (χ3v) is 2.42. The summed E-state index contributed by atoms with van der Waals surface area (Å²) in [5.41, 5.74) is 0.186. The topological polar surface area (TPSA) is 9.23 Å². The molecule has 0 aliphatic carbocycles. The quantitative estimate of drug-likeness (QED) is 0.557. The monoisotopic (exact) mass is 216 g/mol. The van der Waals surface area contributed by atoms with E-state index in [9.17, 15) is 0 Å². The fraction of sp³-hybridized carbons (Fsp3) is 0.556. The van der Waals surface area contributed by atoms with Gasteiger partial charge in [0.25, 0.3) is 0 Å². The van der Waals surface area contributed by atoms with E-state index in [1.807, 2.05) is 6.08 Å². The molecule has 0 fully saturated rings. The molecule has 0 amide bonds. The Kier molecular flexibility index (Phi) is 2.56. The number of allylic oxidation sites excluding steroid dienone is 1. The molecular weight excluding hydrogens is 203 g/mol. The Bertz CT molecular complexity index is 188. The van der Waals surface area contributed by atoms with Crippen LogP contribution >= 0.6 is 0 Å². The predicted molar refractivity (Wildman–Crippen MR) is 47.2 cm³/mol. The Morgan fingerprint density at radius 2 is 2.18 bits per heavy atom. The minimum absolute atomic E-state index is 0.186. The van der Waals surface area contributed by atoms with Gasteiger partial charge in [0.1, 0.15) is 0 Å². The van der Waals surface area contributed by atoms with E-state index in [2.05, 4.69) is 43.0 Å².